The third kappa shape index (κ3) is 4.87. The van der Waals surface area contributed by atoms with Gasteiger partial charge in [0.15, 0.2) is 0 Å². The summed E-state index contributed by atoms with van der Waals surface area (Å²) >= 11 is 0. The number of hydrogen-bond acceptors (Lipinski definition) is 3. The topological polar surface area (TPSA) is 64.3 Å². The van der Waals surface area contributed by atoms with Crippen molar-refractivity contribution in [2.24, 2.45) is 5.73 Å². The molecule has 0 heterocycles. The second-order valence-corrected chi connectivity index (χ2v) is 2.33. The highest BCUT2D eigenvalue weighted by Gasteiger charge is 2.08. The summed E-state index contributed by atoms with van der Waals surface area (Å²) in [6.45, 7) is 2.70. The highest BCUT2D eigenvalue weighted by atomic mass is 16.5. The molecule has 0 aliphatic heterocycles. The van der Waals surface area contributed by atoms with E-state index in [9.17, 15) is 4.79 Å². The molecule has 4 heteroatoms. The number of rotatable bonds is 5. The highest BCUT2D eigenvalue weighted by Crippen LogP contribution is 1.85. The molecule has 0 fully saturated rings. The maximum Gasteiger partial charge on any atom is 0.249 e. The molecule has 1 amide bonds. The van der Waals surface area contributed by atoms with Gasteiger partial charge in [-0.15, -0.1) is 0 Å². The Bertz CT molecular complexity index is 157. The maximum atomic E-state index is 11.0. The van der Waals surface area contributed by atoms with Crippen LogP contribution in [0.3, 0.4) is 0 Å². The zero-order chi connectivity index (χ0) is 9.40. The van der Waals surface area contributed by atoms with Gasteiger partial charge < -0.3 is 15.8 Å². The van der Waals surface area contributed by atoms with Crippen molar-refractivity contribution in [3.8, 4) is 0 Å². The lowest BCUT2D eigenvalue weighted by atomic mass is 10.3. The predicted octanol–water partition coefficient (Wildman–Crippen LogP) is -0.348. The number of hydrogen-bond donors (Lipinski definition) is 2. The van der Waals surface area contributed by atoms with E-state index < -0.39 is 6.10 Å². The summed E-state index contributed by atoms with van der Waals surface area (Å²) in [6, 6.07) is 0. The second-order valence-electron chi connectivity index (χ2n) is 2.33. The Morgan fingerprint density at radius 1 is 1.67 bits per heavy atom. The molecule has 0 aliphatic carbocycles. The fourth-order valence-electron chi connectivity index (χ4n) is 0.590. The molecule has 70 valence electrons. The van der Waals surface area contributed by atoms with E-state index in [2.05, 4.69) is 5.32 Å². The van der Waals surface area contributed by atoms with Gasteiger partial charge in [-0.2, -0.15) is 0 Å². The zero-order valence-electron chi connectivity index (χ0n) is 7.54. The molecule has 3 N–H and O–H groups in total. The van der Waals surface area contributed by atoms with Crippen LogP contribution in [0.4, 0.5) is 0 Å². The molecular weight excluding hydrogens is 156 g/mol. The molecule has 4 nitrogen and oxygen atoms in total. The minimum Gasteiger partial charge on any atom is -0.372 e. The van der Waals surface area contributed by atoms with Gasteiger partial charge in [0.2, 0.25) is 5.91 Å². The summed E-state index contributed by atoms with van der Waals surface area (Å²) in [6.07, 6.45) is 3.20. The Morgan fingerprint density at radius 2 is 2.33 bits per heavy atom. The molecular formula is C8H16N2O2. The minimum atomic E-state index is -0.392. The van der Waals surface area contributed by atoms with Crippen molar-refractivity contribution in [1.82, 2.24) is 5.32 Å². The first-order valence-electron chi connectivity index (χ1n) is 3.88. The van der Waals surface area contributed by atoms with Crippen LogP contribution in [0.5, 0.6) is 0 Å². The van der Waals surface area contributed by atoms with Gasteiger partial charge >= 0.3 is 0 Å². The Balaban J connectivity index is 3.50. The molecule has 0 aromatic heterocycles. The summed E-state index contributed by atoms with van der Waals surface area (Å²) in [5, 5.41) is 2.66. The first kappa shape index (κ1) is 11.1. The molecule has 0 rings (SSSR count). The number of carbonyl (C=O) groups is 1. The van der Waals surface area contributed by atoms with Gasteiger partial charge in [0.05, 0.1) is 0 Å². The Morgan fingerprint density at radius 3 is 2.83 bits per heavy atom. The second kappa shape index (κ2) is 6.82. The third-order valence-corrected chi connectivity index (χ3v) is 1.42. The van der Waals surface area contributed by atoms with Gasteiger partial charge in [0.1, 0.15) is 6.10 Å². The van der Waals surface area contributed by atoms with Crippen LogP contribution in [0.15, 0.2) is 12.2 Å². The lowest BCUT2D eigenvalue weighted by Gasteiger charge is -2.07. The van der Waals surface area contributed by atoms with Gasteiger partial charge in [0, 0.05) is 20.2 Å². The van der Waals surface area contributed by atoms with E-state index in [0.29, 0.717) is 13.1 Å². The fraction of sp³-hybridized carbons (Fsp3) is 0.625. The van der Waals surface area contributed by atoms with E-state index in [1.54, 1.807) is 19.1 Å². The van der Waals surface area contributed by atoms with Crippen LogP contribution >= 0.6 is 0 Å². The van der Waals surface area contributed by atoms with Crippen LogP contribution in [0.25, 0.3) is 0 Å². The average molecular weight is 172 g/mol. The Hall–Kier alpha value is -0.870. The Kier molecular flexibility index (Phi) is 6.32. The molecule has 0 aromatic carbocycles. The van der Waals surface area contributed by atoms with E-state index in [1.165, 1.54) is 7.11 Å². The molecule has 0 saturated carbocycles. The van der Waals surface area contributed by atoms with E-state index in [-0.39, 0.29) is 5.91 Å². The van der Waals surface area contributed by atoms with Crippen molar-refractivity contribution in [2.45, 2.75) is 13.0 Å². The van der Waals surface area contributed by atoms with Gasteiger partial charge in [-0.3, -0.25) is 4.79 Å². The molecule has 12 heavy (non-hydrogen) atoms. The largest absolute Gasteiger partial charge is 0.372 e. The van der Waals surface area contributed by atoms with Crippen LogP contribution < -0.4 is 11.1 Å². The number of nitrogens with two attached hydrogens (primary N) is 1. The van der Waals surface area contributed by atoms with Crippen molar-refractivity contribution >= 4 is 5.91 Å². The summed E-state index contributed by atoms with van der Waals surface area (Å²) in [4.78, 5) is 11.0. The van der Waals surface area contributed by atoms with Crippen LogP contribution in [0, 0.1) is 0 Å². The number of nitrogens with one attached hydrogen (secondary N) is 1. The van der Waals surface area contributed by atoms with Gasteiger partial charge in [-0.25, -0.2) is 0 Å². The van der Waals surface area contributed by atoms with E-state index in [1.807, 2.05) is 0 Å². The molecule has 0 saturated heterocycles. The first-order chi connectivity index (χ1) is 5.72. The smallest absolute Gasteiger partial charge is 0.249 e. The first-order valence-corrected chi connectivity index (χ1v) is 3.88. The molecule has 1 unspecified atom stereocenters. The average Bonchev–Trinajstić information content (AvgIpc) is 2.10. The van der Waals surface area contributed by atoms with Gasteiger partial charge in [-0.1, -0.05) is 12.2 Å². The maximum absolute atomic E-state index is 11.0. The molecule has 0 spiro atoms. The lowest BCUT2D eigenvalue weighted by molar-refractivity contribution is -0.129. The summed E-state index contributed by atoms with van der Waals surface area (Å²) < 4.78 is 4.81. The van der Waals surface area contributed by atoms with E-state index in [0.717, 1.165) is 0 Å². The van der Waals surface area contributed by atoms with Crippen LogP contribution in [-0.4, -0.2) is 32.2 Å². The number of amides is 1. The van der Waals surface area contributed by atoms with Crippen LogP contribution in [0.2, 0.25) is 0 Å². The van der Waals surface area contributed by atoms with Crippen molar-refractivity contribution < 1.29 is 9.53 Å². The van der Waals surface area contributed by atoms with Crippen molar-refractivity contribution in [1.29, 1.82) is 0 Å². The van der Waals surface area contributed by atoms with Crippen molar-refractivity contribution in [2.75, 3.05) is 20.2 Å². The highest BCUT2D eigenvalue weighted by molar-refractivity contribution is 5.80. The molecule has 0 aliphatic rings. The monoisotopic (exact) mass is 172 g/mol. The van der Waals surface area contributed by atoms with Crippen molar-refractivity contribution in [3.63, 3.8) is 0 Å². The normalized spacial score (nSPS) is 13.2. The van der Waals surface area contributed by atoms with Crippen LogP contribution in [-0.2, 0) is 9.53 Å². The third-order valence-electron chi connectivity index (χ3n) is 1.42. The van der Waals surface area contributed by atoms with E-state index in [4.69, 9.17) is 10.5 Å². The van der Waals surface area contributed by atoms with Crippen LogP contribution in [0.1, 0.15) is 6.92 Å². The fourth-order valence-corrected chi connectivity index (χ4v) is 0.590. The molecule has 0 aromatic rings. The molecule has 0 radical (unpaired) electrons. The number of ether oxygens (including phenoxy) is 1. The standard InChI is InChI=1S/C8H16N2O2/c1-7(12-2)8(11)10-6-4-3-5-9/h3-4,7H,5-6,9H2,1-2H3,(H,10,11)/b4-3+. The van der Waals surface area contributed by atoms with Gasteiger partial charge in [-0.05, 0) is 6.92 Å². The minimum absolute atomic E-state index is 0.112. The summed E-state index contributed by atoms with van der Waals surface area (Å²) in [5.41, 5.74) is 5.21. The molecule has 1 atom stereocenters. The Labute approximate surface area is 72.8 Å². The summed E-state index contributed by atoms with van der Waals surface area (Å²) in [7, 11) is 1.50. The SMILES string of the molecule is COC(C)C(=O)NC/C=C/CN. The summed E-state index contributed by atoms with van der Waals surface area (Å²) in [5.74, 6) is -0.112. The predicted molar refractivity (Wildman–Crippen MR) is 47.7 cm³/mol. The quantitative estimate of drug-likeness (QED) is 0.557. The number of carbonyl (C=O) groups excluding carboxylic acids is 1. The number of methoxy groups -OCH3 is 1. The van der Waals surface area contributed by atoms with Crippen molar-refractivity contribution in [3.05, 3.63) is 12.2 Å². The van der Waals surface area contributed by atoms with E-state index >= 15 is 0 Å². The molecule has 0 bridgehead atoms. The lowest BCUT2D eigenvalue weighted by Crippen LogP contribution is -2.33. The zero-order valence-corrected chi connectivity index (χ0v) is 7.54. The van der Waals surface area contributed by atoms with Gasteiger partial charge in [0.25, 0.3) is 0 Å².